The van der Waals surface area contributed by atoms with Crippen LogP contribution < -0.4 is 5.73 Å². The molecule has 0 saturated carbocycles. The van der Waals surface area contributed by atoms with Gasteiger partial charge in [-0.2, -0.15) is 0 Å². The number of aromatic nitrogens is 1. The Bertz CT molecular complexity index is 369. The molecule has 0 aliphatic rings. The van der Waals surface area contributed by atoms with E-state index in [4.69, 9.17) is 5.73 Å². The normalized spacial score (nSPS) is 12.6. The number of thiazole rings is 1. The summed E-state index contributed by atoms with van der Waals surface area (Å²) in [5, 5.41) is 2.01. The van der Waals surface area contributed by atoms with E-state index in [-0.39, 0.29) is 6.04 Å². The molecule has 0 fully saturated rings. The van der Waals surface area contributed by atoms with Crippen LogP contribution in [0.15, 0.2) is 41.2 Å². The second kappa shape index (κ2) is 4.35. The van der Waals surface area contributed by atoms with Gasteiger partial charge in [0.1, 0.15) is 0 Å². The average molecular weight is 204 g/mol. The fourth-order valence-electron chi connectivity index (χ4n) is 1.38. The Morgan fingerprint density at radius 3 is 2.71 bits per heavy atom. The number of nitrogens with two attached hydrogens (primary N) is 1. The molecule has 3 heteroatoms. The van der Waals surface area contributed by atoms with Gasteiger partial charge in [-0.25, -0.2) is 4.98 Å². The molecule has 72 valence electrons. The van der Waals surface area contributed by atoms with E-state index < -0.39 is 0 Å². The van der Waals surface area contributed by atoms with Crippen LogP contribution in [0, 0.1) is 0 Å². The Labute approximate surface area is 87.4 Å². The molecule has 0 saturated heterocycles. The summed E-state index contributed by atoms with van der Waals surface area (Å²) in [7, 11) is 0. The summed E-state index contributed by atoms with van der Waals surface area (Å²) >= 11 is 1.59. The molecule has 2 N–H and O–H groups in total. The Morgan fingerprint density at radius 1 is 1.29 bits per heavy atom. The van der Waals surface area contributed by atoms with Crippen LogP contribution in [0.4, 0.5) is 0 Å². The maximum absolute atomic E-state index is 6.02. The van der Waals surface area contributed by atoms with Gasteiger partial charge in [-0.15, -0.1) is 11.3 Å². The monoisotopic (exact) mass is 204 g/mol. The summed E-state index contributed by atoms with van der Waals surface area (Å²) < 4.78 is 0. The Balaban J connectivity index is 2.06. The minimum Gasteiger partial charge on any atom is -0.322 e. The zero-order chi connectivity index (χ0) is 9.80. The van der Waals surface area contributed by atoms with E-state index in [1.165, 1.54) is 5.56 Å². The zero-order valence-corrected chi connectivity index (χ0v) is 8.58. The largest absolute Gasteiger partial charge is 0.322 e. The van der Waals surface area contributed by atoms with E-state index in [0.29, 0.717) is 0 Å². The summed E-state index contributed by atoms with van der Waals surface area (Å²) in [4.78, 5) is 4.21. The van der Waals surface area contributed by atoms with Gasteiger partial charge < -0.3 is 5.73 Å². The standard InChI is InChI=1S/C11H12N2S/c12-10(11-7-14-8-13-11)6-9-4-2-1-3-5-9/h1-5,7-8,10H,6,12H2. The first-order chi connectivity index (χ1) is 6.86. The van der Waals surface area contributed by atoms with E-state index in [9.17, 15) is 0 Å². The van der Waals surface area contributed by atoms with Crippen LogP contribution in [0.5, 0.6) is 0 Å². The molecule has 14 heavy (non-hydrogen) atoms. The van der Waals surface area contributed by atoms with Gasteiger partial charge in [0.05, 0.1) is 17.2 Å². The van der Waals surface area contributed by atoms with Crippen LogP contribution in [-0.2, 0) is 6.42 Å². The highest BCUT2D eigenvalue weighted by Crippen LogP contribution is 2.15. The van der Waals surface area contributed by atoms with E-state index in [1.807, 2.05) is 29.1 Å². The molecule has 1 aromatic carbocycles. The van der Waals surface area contributed by atoms with Crippen molar-refractivity contribution in [3.05, 3.63) is 52.5 Å². The third-order valence-electron chi connectivity index (χ3n) is 2.13. The molecule has 1 heterocycles. The van der Waals surface area contributed by atoms with Gasteiger partial charge in [0.2, 0.25) is 0 Å². The highest BCUT2D eigenvalue weighted by atomic mass is 32.1. The van der Waals surface area contributed by atoms with E-state index in [2.05, 4.69) is 17.1 Å². The zero-order valence-electron chi connectivity index (χ0n) is 7.76. The minimum atomic E-state index is 0.0173. The van der Waals surface area contributed by atoms with Crippen molar-refractivity contribution >= 4 is 11.3 Å². The van der Waals surface area contributed by atoms with Gasteiger partial charge >= 0.3 is 0 Å². The predicted molar refractivity (Wildman–Crippen MR) is 59.2 cm³/mol. The number of rotatable bonds is 3. The van der Waals surface area contributed by atoms with Crippen molar-refractivity contribution in [1.82, 2.24) is 4.98 Å². The number of hydrogen-bond donors (Lipinski definition) is 1. The summed E-state index contributed by atoms with van der Waals surface area (Å²) in [5.74, 6) is 0. The van der Waals surface area contributed by atoms with Crippen LogP contribution in [0.2, 0.25) is 0 Å². The van der Waals surface area contributed by atoms with Crippen molar-refractivity contribution < 1.29 is 0 Å². The van der Waals surface area contributed by atoms with Gasteiger partial charge in [0, 0.05) is 5.38 Å². The maximum atomic E-state index is 6.02. The lowest BCUT2D eigenvalue weighted by Gasteiger charge is -2.08. The first-order valence-corrected chi connectivity index (χ1v) is 5.48. The molecule has 0 aliphatic carbocycles. The van der Waals surface area contributed by atoms with Crippen molar-refractivity contribution in [1.29, 1.82) is 0 Å². The molecule has 0 bridgehead atoms. The summed E-state index contributed by atoms with van der Waals surface area (Å²) in [5.41, 5.74) is 10.1. The molecule has 2 rings (SSSR count). The van der Waals surface area contributed by atoms with E-state index in [0.717, 1.165) is 12.1 Å². The first kappa shape index (κ1) is 9.37. The lowest BCUT2D eigenvalue weighted by atomic mass is 10.1. The third-order valence-corrected chi connectivity index (χ3v) is 2.73. The molecule has 1 unspecified atom stereocenters. The van der Waals surface area contributed by atoms with E-state index >= 15 is 0 Å². The number of benzene rings is 1. The van der Waals surface area contributed by atoms with Crippen LogP contribution >= 0.6 is 11.3 Å². The van der Waals surface area contributed by atoms with Gasteiger partial charge in [-0.1, -0.05) is 30.3 Å². The lowest BCUT2D eigenvalue weighted by Crippen LogP contribution is -2.13. The molecule has 0 radical (unpaired) electrons. The van der Waals surface area contributed by atoms with Gasteiger partial charge in [0.15, 0.2) is 0 Å². The fraction of sp³-hybridized carbons (Fsp3) is 0.182. The predicted octanol–water partition coefficient (Wildman–Crippen LogP) is 2.39. The van der Waals surface area contributed by atoms with Crippen LogP contribution in [0.1, 0.15) is 17.3 Å². The summed E-state index contributed by atoms with van der Waals surface area (Å²) in [6.07, 6.45) is 0.852. The topological polar surface area (TPSA) is 38.9 Å². The molecule has 2 aromatic rings. The molecular formula is C11H12N2S. The smallest absolute Gasteiger partial charge is 0.0795 e. The van der Waals surface area contributed by atoms with Crippen molar-refractivity contribution in [2.75, 3.05) is 0 Å². The highest BCUT2D eigenvalue weighted by Gasteiger charge is 2.07. The molecule has 0 amide bonds. The van der Waals surface area contributed by atoms with E-state index in [1.54, 1.807) is 11.3 Å². The average Bonchev–Trinajstić information content (AvgIpc) is 2.72. The maximum Gasteiger partial charge on any atom is 0.0795 e. The Hall–Kier alpha value is -1.19. The molecule has 1 atom stereocenters. The molecule has 2 nitrogen and oxygen atoms in total. The highest BCUT2D eigenvalue weighted by molar-refractivity contribution is 7.07. The quantitative estimate of drug-likeness (QED) is 0.833. The molecule has 1 aromatic heterocycles. The minimum absolute atomic E-state index is 0.0173. The third kappa shape index (κ3) is 2.19. The van der Waals surface area contributed by atoms with Crippen LogP contribution in [0.25, 0.3) is 0 Å². The summed E-state index contributed by atoms with van der Waals surface area (Å²) in [6, 6.07) is 10.3. The molecule has 0 aliphatic heterocycles. The van der Waals surface area contributed by atoms with Gasteiger partial charge in [-0.05, 0) is 12.0 Å². The fourth-order valence-corrected chi connectivity index (χ4v) is 2.00. The SMILES string of the molecule is NC(Cc1ccccc1)c1cscn1. The molecule has 0 spiro atoms. The van der Waals surface area contributed by atoms with Crippen LogP contribution in [0.3, 0.4) is 0 Å². The summed E-state index contributed by atoms with van der Waals surface area (Å²) in [6.45, 7) is 0. The Kier molecular flexibility index (Phi) is 2.91. The first-order valence-electron chi connectivity index (χ1n) is 4.54. The van der Waals surface area contributed by atoms with Crippen molar-refractivity contribution in [3.63, 3.8) is 0 Å². The Morgan fingerprint density at radius 2 is 2.07 bits per heavy atom. The van der Waals surface area contributed by atoms with Crippen molar-refractivity contribution in [2.45, 2.75) is 12.5 Å². The number of hydrogen-bond acceptors (Lipinski definition) is 3. The van der Waals surface area contributed by atoms with Gasteiger partial charge in [0.25, 0.3) is 0 Å². The molecular weight excluding hydrogens is 192 g/mol. The number of nitrogens with zero attached hydrogens (tertiary/aromatic N) is 1. The second-order valence-electron chi connectivity index (χ2n) is 3.21. The van der Waals surface area contributed by atoms with Gasteiger partial charge in [-0.3, -0.25) is 0 Å². The van der Waals surface area contributed by atoms with Crippen molar-refractivity contribution in [3.8, 4) is 0 Å². The van der Waals surface area contributed by atoms with Crippen LogP contribution in [-0.4, -0.2) is 4.98 Å². The lowest BCUT2D eigenvalue weighted by molar-refractivity contribution is 0.702. The van der Waals surface area contributed by atoms with Crippen molar-refractivity contribution in [2.24, 2.45) is 5.73 Å². The second-order valence-corrected chi connectivity index (χ2v) is 3.93.